The average molecular weight is 410 g/mol. The number of benzene rings is 2. The largest absolute Gasteiger partial charge is 0.491 e. The Balaban J connectivity index is 1.70. The molecule has 1 aliphatic rings. The van der Waals surface area contributed by atoms with Gasteiger partial charge in [-0.3, -0.25) is 4.79 Å². The van der Waals surface area contributed by atoms with Crippen LogP contribution >= 0.6 is 11.6 Å². The number of nitrogens with zero attached hydrogens (tertiary/aromatic N) is 1. The highest BCUT2D eigenvalue weighted by atomic mass is 35.5. The predicted octanol–water partition coefficient (Wildman–Crippen LogP) is 4.28. The summed E-state index contributed by atoms with van der Waals surface area (Å²) in [6.07, 6.45) is 1.02. The van der Waals surface area contributed by atoms with Gasteiger partial charge in [-0.05, 0) is 62.1 Å². The number of carbonyl (C=O) groups is 1. The van der Waals surface area contributed by atoms with Crippen molar-refractivity contribution < 1.29 is 23.4 Å². The minimum atomic E-state index is -1.25. The van der Waals surface area contributed by atoms with Crippen LogP contribution in [0.1, 0.15) is 34.3 Å². The highest BCUT2D eigenvalue weighted by molar-refractivity contribution is 6.32. The van der Waals surface area contributed by atoms with Crippen LogP contribution in [-0.2, 0) is 0 Å². The maximum Gasteiger partial charge on any atom is 0.254 e. The maximum atomic E-state index is 13.4. The predicted molar refractivity (Wildman–Crippen MR) is 103 cm³/mol. The van der Waals surface area contributed by atoms with Crippen LogP contribution in [-0.4, -0.2) is 41.2 Å². The van der Waals surface area contributed by atoms with E-state index in [1.165, 1.54) is 4.90 Å². The zero-order valence-electron chi connectivity index (χ0n) is 15.8. The lowest BCUT2D eigenvalue weighted by Gasteiger charge is -2.39. The van der Waals surface area contributed by atoms with E-state index in [-0.39, 0.29) is 18.7 Å². The summed E-state index contributed by atoms with van der Waals surface area (Å²) in [6.45, 7) is 4.16. The van der Waals surface area contributed by atoms with Crippen LogP contribution in [0.15, 0.2) is 30.3 Å². The summed E-state index contributed by atoms with van der Waals surface area (Å²) in [7, 11) is 0. The molecule has 1 N–H and O–H groups in total. The number of rotatable bonds is 4. The second kappa shape index (κ2) is 8.05. The molecule has 150 valence electrons. The minimum absolute atomic E-state index is 0.00515. The summed E-state index contributed by atoms with van der Waals surface area (Å²) in [5.41, 5.74) is 0.419. The van der Waals surface area contributed by atoms with Gasteiger partial charge in [-0.25, -0.2) is 8.78 Å². The summed E-state index contributed by atoms with van der Waals surface area (Å²) in [5, 5.41) is 11.6. The first kappa shape index (κ1) is 20.6. The Labute approximate surface area is 167 Å². The molecule has 28 heavy (non-hydrogen) atoms. The molecule has 0 aliphatic carbocycles. The Hall–Kier alpha value is -2.18. The van der Waals surface area contributed by atoms with Crippen LogP contribution in [0.2, 0.25) is 5.02 Å². The Morgan fingerprint density at radius 2 is 1.79 bits per heavy atom. The van der Waals surface area contributed by atoms with E-state index in [1.807, 2.05) is 13.8 Å². The first-order valence-electron chi connectivity index (χ1n) is 9.04. The Kier molecular flexibility index (Phi) is 5.91. The molecule has 1 aliphatic heterocycles. The van der Waals surface area contributed by atoms with Crippen LogP contribution < -0.4 is 4.74 Å². The molecule has 2 aromatic carbocycles. The third kappa shape index (κ3) is 4.62. The van der Waals surface area contributed by atoms with E-state index in [9.17, 15) is 18.7 Å². The SMILES string of the molecule is Cc1cc(OCC2(O)CCCN(C(=O)c3cc(F)cc(F)c3)C2)cc(C)c1Cl. The Morgan fingerprint density at radius 3 is 2.39 bits per heavy atom. The van der Waals surface area contributed by atoms with Crippen LogP contribution in [0, 0.1) is 25.5 Å². The van der Waals surface area contributed by atoms with Gasteiger partial charge in [0, 0.05) is 23.2 Å². The topological polar surface area (TPSA) is 49.8 Å². The lowest BCUT2D eigenvalue weighted by molar-refractivity contribution is -0.0532. The van der Waals surface area contributed by atoms with Crippen LogP contribution in [0.4, 0.5) is 8.78 Å². The van der Waals surface area contributed by atoms with Gasteiger partial charge in [-0.15, -0.1) is 0 Å². The summed E-state index contributed by atoms with van der Waals surface area (Å²) in [4.78, 5) is 14.0. The number of carbonyl (C=O) groups excluding carboxylic acids is 1. The minimum Gasteiger partial charge on any atom is -0.491 e. The molecular formula is C21H22ClF2NO3. The molecule has 0 saturated carbocycles. The van der Waals surface area contributed by atoms with Gasteiger partial charge in [0.25, 0.3) is 5.91 Å². The van der Waals surface area contributed by atoms with Gasteiger partial charge in [0.05, 0.1) is 6.54 Å². The van der Waals surface area contributed by atoms with Crippen molar-refractivity contribution in [1.29, 1.82) is 0 Å². The monoisotopic (exact) mass is 409 g/mol. The number of aryl methyl sites for hydroxylation is 2. The molecule has 7 heteroatoms. The molecule has 1 atom stereocenters. The number of piperidine rings is 1. The molecule has 1 fully saturated rings. The fourth-order valence-electron chi connectivity index (χ4n) is 3.47. The highest BCUT2D eigenvalue weighted by Gasteiger charge is 2.36. The second-order valence-electron chi connectivity index (χ2n) is 7.37. The molecule has 1 unspecified atom stereocenters. The summed E-state index contributed by atoms with van der Waals surface area (Å²) in [5.74, 6) is -1.56. The smallest absolute Gasteiger partial charge is 0.254 e. The van der Waals surface area contributed by atoms with Crippen molar-refractivity contribution in [3.8, 4) is 5.75 Å². The van der Waals surface area contributed by atoms with Crippen molar-refractivity contribution in [2.75, 3.05) is 19.7 Å². The molecule has 2 aromatic rings. The quantitative estimate of drug-likeness (QED) is 0.819. The average Bonchev–Trinajstić information content (AvgIpc) is 2.63. The van der Waals surface area contributed by atoms with E-state index in [0.29, 0.717) is 36.2 Å². The Bertz CT molecular complexity index is 862. The molecule has 1 amide bonds. The van der Waals surface area contributed by atoms with E-state index in [0.717, 1.165) is 23.3 Å². The molecule has 0 spiro atoms. The van der Waals surface area contributed by atoms with Crippen molar-refractivity contribution >= 4 is 17.5 Å². The lowest BCUT2D eigenvalue weighted by Crippen LogP contribution is -2.53. The Morgan fingerprint density at radius 1 is 1.18 bits per heavy atom. The number of ether oxygens (including phenoxy) is 1. The van der Waals surface area contributed by atoms with E-state index >= 15 is 0 Å². The van der Waals surface area contributed by atoms with Gasteiger partial charge in [0.2, 0.25) is 0 Å². The number of aliphatic hydroxyl groups is 1. The fraction of sp³-hybridized carbons (Fsp3) is 0.381. The van der Waals surface area contributed by atoms with Crippen molar-refractivity contribution in [1.82, 2.24) is 4.90 Å². The van der Waals surface area contributed by atoms with E-state index < -0.39 is 23.1 Å². The van der Waals surface area contributed by atoms with Crippen LogP contribution in [0.5, 0.6) is 5.75 Å². The van der Waals surface area contributed by atoms with Crippen molar-refractivity contribution in [3.63, 3.8) is 0 Å². The van der Waals surface area contributed by atoms with Gasteiger partial charge >= 0.3 is 0 Å². The molecule has 1 heterocycles. The van der Waals surface area contributed by atoms with Crippen molar-refractivity contribution in [3.05, 3.63) is 63.7 Å². The third-order valence-corrected chi connectivity index (χ3v) is 5.47. The third-order valence-electron chi connectivity index (χ3n) is 4.87. The lowest BCUT2D eigenvalue weighted by atomic mass is 9.93. The van der Waals surface area contributed by atoms with Gasteiger partial charge in [0.1, 0.15) is 29.6 Å². The number of amides is 1. The van der Waals surface area contributed by atoms with Gasteiger partial charge in [-0.1, -0.05) is 11.6 Å². The standard InChI is InChI=1S/C21H22ClF2NO3/c1-13-6-18(7-14(2)19(13)22)28-12-21(27)4-3-5-25(11-21)20(26)15-8-16(23)10-17(24)9-15/h6-10,27H,3-5,11-12H2,1-2H3. The first-order valence-corrected chi connectivity index (χ1v) is 9.42. The highest BCUT2D eigenvalue weighted by Crippen LogP contribution is 2.28. The molecule has 0 bridgehead atoms. The van der Waals surface area contributed by atoms with E-state index in [1.54, 1.807) is 12.1 Å². The van der Waals surface area contributed by atoms with Gasteiger partial charge in [0.15, 0.2) is 0 Å². The number of hydrogen-bond donors (Lipinski definition) is 1. The number of likely N-dealkylation sites (tertiary alicyclic amines) is 1. The molecular weight excluding hydrogens is 388 g/mol. The fourth-order valence-corrected chi connectivity index (χ4v) is 3.58. The number of hydrogen-bond acceptors (Lipinski definition) is 3. The number of β-amino-alcohol motifs (C(OH)–C–C–N with tert-alkyl or cyclic N) is 1. The summed E-state index contributed by atoms with van der Waals surface area (Å²) in [6, 6.07) is 6.29. The molecule has 0 aromatic heterocycles. The maximum absolute atomic E-state index is 13.4. The van der Waals surface area contributed by atoms with Gasteiger partial charge < -0.3 is 14.7 Å². The zero-order valence-corrected chi connectivity index (χ0v) is 16.5. The van der Waals surface area contributed by atoms with Crippen molar-refractivity contribution in [2.45, 2.75) is 32.3 Å². The first-order chi connectivity index (χ1) is 13.2. The molecule has 0 radical (unpaired) electrons. The van der Waals surface area contributed by atoms with Gasteiger partial charge in [-0.2, -0.15) is 0 Å². The van der Waals surface area contributed by atoms with E-state index in [2.05, 4.69) is 0 Å². The molecule has 3 rings (SSSR count). The number of halogens is 3. The van der Waals surface area contributed by atoms with E-state index in [4.69, 9.17) is 16.3 Å². The van der Waals surface area contributed by atoms with Crippen molar-refractivity contribution in [2.24, 2.45) is 0 Å². The summed E-state index contributed by atoms with van der Waals surface area (Å²) >= 11 is 6.16. The normalized spacial score (nSPS) is 19.6. The molecule has 4 nitrogen and oxygen atoms in total. The zero-order chi connectivity index (χ0) is 20.5. The van der Waals surface area contributed by atoms with Crippen LogP contribution in [0.3, 0.4) is 0 Å². The second-order valence-corrected chi connectivity index (χ2v) is 7.75. The molecule has 1 saturated heterocycles. The summed E-state index contributed by atoms with van der Waals surface area (Å²) < 4.78 is 32.6. The van der Waals surface area contributed by atoms with Crippen LogP contribution in [0.25, 0.3) is 0 Å².